The first-order valence-electron chi connectivity index (χ1n) is 9.85. The Morgan fingerprint density at radius 2 is 1.20 bits per heavy atom. The standard InChI is InChI=1S/C19H38NO5/c21-17-13-16-20-18(22)14-11-9-7-5-3-1-2-4-6-8-10-12-15-19(23,24)25/h16,21,23-25H,1-15,17H2,(H,20,22). The molecular formula is C19H38NO5. The van der Waals surface area contributed by atoms with Gasteiger partial charge in [-0.3, -0.25) is 4.79 Å². The van der Waals surface area contributed by atoms with E-state index in [1.807, 2.05) is 0 Å². The molecule has 0 rings (SSSR count). The van der Waals surface area contributed by atoms with E-state index in [0.717, 1.165) is 32.1 Å². The van der Waals surface area contributed by atoms with Crippen LogP contribution in [0.25, 0.3) is 0 Å². The number of hydrogen-bond acceptors (Lipinski definition) is 5. The zero-order chi connectivity index (χ0) is 18.8. The highest BCUT2D eigenvalue weighted by atomic mass is 16.7. The molecule has 0 heterocycles. The summed E-state index contributed by atoms with van der Waals surface area (Å²) in [6.07, 6.45) is 14.3. The molecule has 1 amide bonds. The van der Waals surface area contributed by atoms with Crippen molar-refractivity contribution in [3.05, 3.63) is 6.54 Å². The summed E-state index contributed by atoms with van der Waals surface area (Å²) < 4.78 is 0. The van der Waals surface area contributed by atoms with E-state index in [1.165, 1.54) is 38.5 Å². The van der Waals surface area contributed by atoms with Crippen LogP contribution >= 0.6 is 0 Å². The van der Waals surface area contributed by atoms with Crippen LogP contribution in [0.4, 0.5) is 0 Å². The molecular weight excluding hydrogens is 322 g/mol. The largest absolute Gasteiger partial charge is 0.396 e. The van der Waals surface area contributed by atoms with Gasteiger partial charge in [-0.25, -0.2) is 0 Å². The van der Waals surface area contributed by atoms with Crippen LogP contribution in [0, 0.1) is 6.54 Å². The Morgan fingerprint density at radius 1 is 0.760 bits per heavy atom. The highest BCUT2D eigenvalue weighted by molar-refractivity contribution is 5.76. The summed E-state index contributed by atoms with van der Waals surface area (Å²) in [6, 6.07) is 0. The second kappa shape index (κ2) is 16.8. The third-order valence-electron chi connectivity index (χ3n) is 4.20. The van der Waals surface area contributed by atoms with Gasteiger partial charge in [0.2, 0.25) is 5.91 Å². The lowest BCUT2D eigenvalue weighted by Crippen LogP contribution is -2.26. The average molecular weight is 361 g/mol. The molecule has 0 bridgehead atoms. The van der Waals surface area contributed by atoms with E-state index in [9.17, 15) is 4.79 Å². The monoisotopic (exact) mass is 360 g/mol. The molecule has 0 saturated heterocycles. The normalized spacial score (nSPS) is 11.7. The quantitative estimate of drug-likeness (QED) is 0.191. The maximum absolute atomic E-state index is 11.4. The van der Waals surface area contributed by atoms with Crippen molar-refractivity contribution in [2.45, 2.75) is 102 Å². The van der Waals surface area contributed by atoms with Crippen LogP contribution in [0.15, 0.2) is 0 Å². The molecule has 1 radical (unpaired) electrons. The Hall–Kier alpha value is -0.690. The Morgan fingerprint density at radius 3 is 1.64 bits per heavy atom. The second-order valence-corrected chi connectivity index (χ2v) is 6.80. The van der Waals surface area contributed by atoms with Crippen molar-refractivity contribution in [1.29, 1.82) is 0 Å². The molecule has 0 saturated carbocycles. The topological polar surface area (TPSA) is 110 Å². The summed E-state index contributed by atoms with van der Waals surface area (Å²) in [5, 5.41) is 37.5. The number of amides is 1. The van der Waals surface area contributed by atoms with Gasteiger partial charge in [0.05, 0.1) is 6.54 Å². The Labute approximate surface area is 152 Å². The summed E-state index contributed by atoms with van der Waals surface area (Å²) in [6.45, 7) is 1.68. The molecule has 149 valence electrons. The molecule has 0 aliphatic rings. The van der Waals surface area contributed by atoms with Gasteiger partial charge >= 0.3 is 0 Å². The Kier molecular flexibility index (Phi) is 16.3. The summed E-state index contributed by atoms with van der Waals surface area (Å²) in [4.78, 5) is 11.4. The summed E-state index contributed by atoms with van der Waals surface area (Å²) in [7, 11) is 0. The maximum atomic E-state index is 11.4. The Bertz CT molecular complexity index is 305. The molecule has 0 unspecified atom stereocenters. The minimum atomic E-state index is -2.50. The molecule has 0 aliphatic carbocycles. The molecule has 6 nitrogen and oxygen atoms in total. The first kappa shape index (κ1) is 24.3. The highest BCUT2D eigenvalue weighted by Crippen LogP contribution is 2.14. The van der Waals surface area contributed by atoms with E-state index in [4.69, 9.17) is 20.4 Å². The zero-order valence-corrected chi connectivity index (χ0v) is 15.6. The smallest absolute Gasteiger partial charge is 0.275 e. The molecule has 0 aliphatic heterocycles. The number of aliphatic hydroxyl groups excluding tert-OH is 1. The molecule has 0 aromatic heterocycles. The SMILES string of the molecule is O=C(CCCCCCCCCCCCCCC(O)(O)O)N[CH]CCO. The molecule has 0 aromatic carbocycles. The first-order chi connectivity index (χ1) is 12.0. The number of rotatable bonds is 18. The van der Waals surface area contributed by atoms with Crippen LogP contribution in [-0.2, 0) is 4.79 Å². The maximum Gasteiger partial charge on any atom is 0.275 e. The number of carbonyl (C=O) groups excluding carboxylic acids is 1. The van der Waals surface area contributed by atoms with Gasteiger partial charge in [-0.2, -0.15) is 0 Å². The van der Waals surface area contributed by atoms with Gasteiger partial charge < -0.3 is 25.7 Å². The van der Waals surface area contributed by atoms with Crippen LogP contribution in [0.2, 0.25) is 0 Å². The lowest BCUT2D eigenvalue weighted by Gasteiger charge is -2.12. The van der Waals surface area contributed by atoms with Crippen LogP contribution in [-0.4, -0.2) is 38.9 Å². The molecule has 5 N–H and O–H groups in total. The fraction of sp³-hybridized carbons (Fsp3) is 0.895. The van der Waals surface area contributed by atoms with Crippen LogP contribution in [0.5, 0.6) is 0 Å². The van der Waals surface area contributed by atoms with Crippen molar-refractivity contribution < 1.29 is 25.2 Å². The minimum absolute atomic E-state index is 0.0234. The predicted molar refractivity (Wildman–Crippen MR) is 98.2 cm³/mol. The summed E-state index contributed by atoms with van der Waals surface area (Å²) >= 11 is 0. The molecule has 25 heavy (non-hydrogen) atoms. The van der Waals surface area contributed by atoms with Gasteiger partial charge in [0.15, 0.2) is 0 Å². The van der Waals surface area contributed by atoms with Gasteiger partial charge in [-0.05, 0) is 19.3 Å². The minimum Gasteiger partial charge on any atom is -0.396 e. The lowest BCUT2D eigenvalue weighted by atomic mass is 10.0. The van der Waals surface area contributed by atoms with E-state index in [-0.39, 0.29) is 18.9 Å². The Balaban J connectivity index is 3.13. The number of carbonyl (C=O) groups is 1. The van der Waals surface area contributed by atoms with Gasteiger partial charge in [-0.15, -0.1) is 0 Å². The van der Waals surface area contributed by atoms with Gasteiger partial charge in [0, 0.05) is 19.4 Å². The lowest BCUT2D eigenvalue weighted by molar-refractivity contribution is -0.315. The molecule has 0 atom stereocenters. The number of unbranched alkanes of at least 4 members (excludes halogenated alkanes) is 11. The molecule has 0 fully saturated rings. The molecule has 0 spiro atoms. The highest BCUT2D eigenvalue weighted by Gasteiger charge is 2.16. The average Bonchev–Trinajstić information content (AvgIpc) is 2.54. The number of nitrogens with one attached hydrogen (secondary N) is 1. The van der Waals surface area contributed by atoms with E-state index in [1.54, 1.807) is 6.54 Å². The van der Waals surface area contributed by atoms with E-state index >= 15 is 0 Å². The molecule has 0 aromatic rings. The van der Waals surface area contributed by atoms with Crippen molar-refractivity contribution in [2.75, 3.05) is 6.61 Å². The van der Waals surface area contributed by atoms with Gasteiger partial charge in [-0.1, -0.05) is 64.2 Å². The first-order valence-corrected chi connectivity index (χ1v) is 9.85. The van der Waals surface area contributed by atoms with E-state index < -0.39 is 5.97 Å². The number of hydrogen-bond donors (Lipinski definition) is 5. The third kappa shape index (κ3) is 21.3. The van der Waals surface area contributed by atoms with E-state index in [2.05, 4.69) is 5.32 Å². The second-order valence-electron chi connectivity index (χ2n) is 6.80. The number of aliphatic hydroxyl groups is 4. The third-order valence-corrected chi connectivity index (χ3v) is 4.20. The van der Waals surface area contributed by atoms with Crippen molar-refractivity contribution in [3.8, 4) is 0 Å². The van der Waals surface area contributed by atoms with Crippen molar-refractivity contribution >= 4 is 5.91 Å². The van der Waals surface area contributed by atoms with Crippen LogP contribution in [0.3, 0.4) is 0 Å². The van der Waals surface area contributed by atoms with Crippen molar-refractivity contribution in [3.63, 3.8) is 0 Å². The summed E-state index contributed by atoms with van der Waals surface area (Å²) in [5.41, 5.74) is 0. The zero-order valence-electron chi connectivity index (χ0n) is 15.6. The van der Waals surface area contributed by atoms with Crippen molar-refractivity contribution in [2.24, 2.45) is 0 Å². The fourth-order valence-corrected chi connectivity index (χ4v) is 2.74. The fourth-order valence-electron chi connectivity index (χ4n) is 2.74. The van der Waals surface area contributed by atoms with Gasteiger partial charge in [0.25, 0.3) is 5.97 Å². The molecule has 6 heteroatoms. The predicted octanol–water partition coefficient (Wildman–Crippen LogP) is 2.74. The van der Waals surface area contributed by atoms with Crippen LogP contribution in [0.1, 0.15) is 96.3 Å². The van der Waals surface area contributed by atoms with Crippen LogP contribution < -0.4 is 5.32 Å². The van der Waals surface area contributed by atoms with Crippen molar-refractivity contribution in [1.82, 2.24) is 5.32 Å². The summed E-state index contributed by atoms with van der Waals surface area (Å²) in [5.74, 6) is -2.46. The van der Waals surface area contributed by atoms with Gasteiger partial charge in [0.1, 0.15) is 0 Å². The van der Waals surface area contributed by atoms with E-state index in [0.29, 0.717) is 19.3 Å².